The molecule has 9 heteroatoms. The maximum atomic E-state index is 13.3. The van der Waals surface area contributed by atoms with Crippen LogP contribution in [0.3, 0.4) is 0 Å². The molecule has 2 aromatic rings. The molecule has 0 aromatic heterocycles. The molecule has 0 saturated carbocycles. The van der Waals surface area contributed by atoms with Crippen molar-refractivity contribution in [3.8, 4) is 11.5 Å². The van der Waals surface area contributed by atoms with Gasteiger partial charge >= 0.3 is 5.97 Å². The van der Waals surface area contributed by atoms with Crippen molar-refractivity contribution in [3.63, 3.8) is 0 Å². The van der Waals surface area contributed by atoms with Crippen molar-refractivity contribution < 1.29 is 23.1 Å². The lowest BCUT2D eigenvalue weighted by atomic mass is 10.1. The molecule has 2 aromatic carbocycles. The largest absolute Gasteiger partial charge is 0.478 e. The van der Waals surface area contributed by atoms with Gasteiger partial charge in [0.2, 0.25) is 10.0 Å². The van der Waals surface area contributed by atoms with E-state index in [1.54, 1.807) is 24.3 Å². The second-order valence-electron chi connectivity index (χ2n) is 8.61. The lowest BCUT2D eigenvalue weighted by Gasteiger charge is -2.31. The van der Waals surface area contributed by atoms with Gasteiger partial charge < -0.3 is 19.6 Å². The quantitative estimate of drug-likeness (QED) is 0.373. The van der Waals surface area contributed by atoms with E-state index in [0.29, 0.717) is 24.5 Å². The Hall–Kier alpha value is -2.62. The number of ether oxygens (including phenoxy) is 1. The average molecular weight is 506 g/mol. The Morgan fingerprint density at radius 2 is 1.63 bits per heavy atom. The minimum Gasteiger partial charge on any atom is -0.478 e. The molecule has 0 radical (unpaired) electrons. The second kappa shape index (κ2) is 13.5. The van der Waals surface area contributed by atoms with E-state index in [-0.39, 0.29) is 16.2 Å². The first-order valence-corrected chi connectivity index (χ1v) is 13.6. The summed E-state index contributed by atoms with van der Waals surface area (Å²) >= 11 is 0. The molecule has 0 bridgehead atoms. The summed E-state index contributed by atoms with van der Waals surface area (Å²) in [6.45, 7) is 10.2. The van der Waals surface area contributed by atoms with Crippen LogP contribution in [0.15, 0.2) is 47.4 Å². The number of nitrogens with zero attached hydrogens (tertiary/aromatic N) is 3. The molecule has 35 heavy (non-hydrogen) atoms. The number of rotatable bonds is 15. The molecule has 0 aliphatic heterocycles. The average Bonchev–Trinajstić information content (AvgIpc) is 2.83. The number of carboxylic acids is 1. The molecule has 0 saturated heterocycles. The second-order valence-corrected chi connectivity index (χ2v) is 10.7. The van der Waals surface area contributed by atoms with Crippen LogP contribution in [0.5, 0.6) is 11.5 Å². The van der Waals surface area contributed by atoms with Crippen molar-refractivity contribution in [2.24, 2.45) is 0 Å². The maximum Gasteiger partial charge on any atom is 0.335 e. The Morgan fingerprint density at radius 3 is 2.17 bits per heavy atom. The van der Waals surface area contributed by atoms with Crippen LogP contribution in [0, 0.1) is 0 Å². The lowest BCUT2D eigenvalue weighted by molar-refractivity contribution is 0.0696. The maximum absolute atomic E-state index is 13.3. The lowest BCUT2D eigenvalue weighted by Crippen LogP contribution is -2.36. The topological polar surface area (TPSA) is 90.4 Å². The van der Waals surface area contributed by atoms with Crippen LogP contribution < -0.4 is 9.64 Å². The number of aromatic carboxylic acids is 1. The molecule has 194 valence electrons. The van der Waals surface area contributed by atoms with Gasteiger partial charge in [0.15, 0.2) is 5.75 Å². The first kappa shape index (κ1) is 28.6. The summed E-state index contributed by atoms with van der Waals surface area (Å²) in [5, 5.41) is 9.83. The molecule has 2 rings (SSSR count). The van der Waals surface area contributed by atoms with Crippen LogP contribution >= 0.6 is 0 Å². The molecule has 0 fully saturated rings. The number of benzene rings is 2. The number of carbonyl (C=O) groups is 1. The molecule has 0 amide bonds. The van der Waals surface area contributed by atoms with Gasteiger partial charge in [0, 0.05) is 33.7 Å². The Balaban J connectivity index is 2.73. The van der Waals surface area contributed by atoms with E-state index in [2.05, 4.69) is 30.6 Å². The van der Waals surface area contributed by atoms with E-state index < -0.39 is 16.0 Å². The van der Waals surface area contributed by atoms with Crippen LogP contribution in [0.4, 0.5) is 5.69 Å². The Labute approximate surface area is 210 Å². The summed E-state index contributed by atoms with van der Waals surface area (Å²) in [6, 6.07) is 11.7. The molecule has 0 atom stereocenters. The minimum atomic E-state index is -4.00. The van der Waals surface area contributed by atoms with Gasteiger partial charge in [-0.25, -0.2) is 17.5 Å². The normalized spacial score (nSPS) is 11.7. The van der Waals surface area contributed by atoms with Crippen molar-refractivity contribution in [1.82, 2.24) is 9.21 Å². The van der Waals surface area contributed by atoms with Gasteiger partial charge in [0.25, 0.3) is 0 Å². The first-order chi connectivity index (χ1) is 16.6. The molecule has 1 N–H and O–H groups in total. The highest BCUT2D eigenvalue weighted by molar-refractivity contribution is 7.89. The first-order valence-electron chi connectivity index (χ1n) is 12.2. The standard InChI is InChI=1S/C26H39N3O5S/c1-6-9-16-29(18-17-28(8-3)15-7-2)23-19-21(26(30)31)20-24(35(32,33)27(4)5)25(23)34-22-13-11-10-12-14-22/h10-14,19-20H,6-9,15-18H2,1-5H3,(H,30,31). The molecule has 0 heterocycles. The number of carboxylic acid groups (broad SMARTS) is 1. The van der Waals surface area contributed by atoms with Crippen molar-refractivity contribution in [2.45, 2.75) is 44.9 Å². The minimum absolute atomic E-state index is 0.0942. The molecule has 8 nitrogen and oxygen atoms in total. The van der Waals surface area contributed by atoms with Crippen LogP contribution in [0.25, 0.3) is 0 Å². The third-order valence-corrected chi connectivity index (χ3v) is 7.62. The Morgan fingerprint density at radius 1 is 0.943 bits per heavy atom. The SMILES string of the molecule is CCCCN(CCN(CC)CCC)c1cc(C(=O)O)cc(S(=O)(=O)N(C)C)c1Oc1ccccc1. The highest BCUT2D eigenvalue weighted by Crippen LogP contribution is 2.40. The number of unbranched alkanes of at least 4 members (excludes halogenated alkanes) is 1. The van der Waals surface area contributed by atoms with Gasteiger partial charge in [-0.1, -0.05) is 45.4 Å². The van der Waals surface area contributed by atoms with Crippen molar-refractivity contribution >= 4 is 21.7 Å². The molecular weight excluding hydrogens is 466 g/mol. The van der Waals surface area contributed by atoms with Crippen molar-refractivity contribution in [2.75, 3.05) is 51.7 Å². The number of likely N-dealkylation sites (N-methyl/N-ethyl adjacent to an activating group) is 1. The monoisotopic (exact) mass is 505 g/mol. The molecule has 0 aliphatic rings. The van der Waals surface area contributed by atoms with E-state index in [4.69, 9.17) is 4.74 Å². The summed E-state index contributed by atoms with van der Waals surface area (Å²) in [6.07, 6.45) is 2.85. The predicted molar refractivity (Wildman–Crippen MR) is 140 cm³/mol. The van der Waals surface area contributed by atoms with Crippen LogP contribution in [-0.4, -0.2) is 75.5 Å². The predicted octanol–water partition coefficient (Wildman–Crippen LogP) is 4.77. The van der Waals surface area contributed by atoms with E-state index in [0.717, 1.165) is 43.2 Å². The molecular formula is C26H39N3O5S. The summed E-state index contributed by atoms with van der Waals surface area (Å²) < 4.78 is 33.9. The smallest absolute Gasteiger partial charge is 0.335 e. The highest BCUT2D eigenvalue weighted by atomic mass is 32.2. The van der Waals surface area contributed by atoms with Gasteiger partial charge in [0.1, 0.15) is 10.6 Å². The fraction of sp³-hybridized carbons (Fsp3) is 0.500. The fourth-order valence-corrected chi connectivity index (χ4v) is 4.80. The summed E-state index contributed by atoms with van der Waals surface area (Å²) in [5.41, 5.74) is 0.374. The number of sulfonamides is 1. The number of anilines is 1. The zero-order valence-electron chi connectivity index (χ0n) is 21.5. The molecule has 0 aliphatic carbocycles. The molecule has 0 unspecified atom stereocenters. The Bertz CT molecular complexity index is 1060. The van der Waals surface area contributed by atoms with Crippen molar-refractivity contribution in [1.29, 1.82) is 0 Å². The summed E-state index contributed by atoms with van der Waals surface area (Å²) in [7, 11) is -1.15. The van der Waals surface area contributed by atoms with E-state index >= 15 is 0 Å². The number of hydrogen-bond donors (Lipinski definition) is 1. The van der Waals surface area contributed by atoms with Crippen molar-refractivity contribution in [3.05, 3.63) is 48.0 Å². The van der Waals surface area contributed by atoms with Gasteiger partial charge in [0.05, 0.1) is 11.3 Å². The fourth-order valence-electron chi connectivity index (χ4n) is 3.75. The summed E-state index contributed by atoms with van der Waals surface area (Å²) in [5.74, 6) is -0.572. The summed E-state index contributed by atoms with van der Waals surface area (Å²) in [4.78, 5) is 16.3. The molecule has 0 spiro atoms. The highest BCUT2D eigenvalue weighted by Gasteiger charge is 2.29. The number of para-hydroxylation sites is 1. The zero-order chi connectivity index (χ0) is 26.0. The zero-order valence-corrected chi connectivity index (χ0v) is 22.3. The van der Waals surface area contributed by atoms with Crippen LogP contribution in [0.1, 0.15) is 50.4 Å². The van der Waals surface area contributed by atoms with Gasteiger partial charge in [-0.15, -0.1) is 0 Å². The van der Waals surface area contributed by atoms with Gasteiger partial charge in [-0.2, -0.15) is 0 Å². The third kappa shape index (κ3) is 7.68. The van der Waals surface area contributed by atoms with Crippen LogP contribution in [-0.2, 0) is 10.0 Å². The van der Waals surface area contributed by atoms with E-state index in [9.17, 15) is 18.3 Å². The van der Waals surface area contributed by atoms with E-state index in [1.807, 2.05) is 6.07 Å². The third-order valence-electron chi connectivity index (χ3n) is 5.80. The van der Waals surface area contributed by atoms with E-state index in [1.165, 1.54) is 26.2 Å². The Kier molecular flexibility index (Phi) is 11.0. The van der Waals surface area contributed by atoms with Gasteiger partial charge in [-0.3, -0.25) is 0 Å². The van der Waals surface area contributed by atoms with Crippen LogP contribution in [0.2, 0.25) is 0 Å². The van der Waals surface area contributed by atoms with Gasteiger partial charge in [-0.05, 0) is 50.2 Å². The number of hydrogen-bond acceptors (Lipinski definition) is 6.